The van der Waals surface area contributed by atoms with E-state index in [1.165, 1.54) is 6.20 Å². The Bertz CT molecular complexity index is 1570. The third kappa shape index (κ3) is 4.49. The highest BCUT2D eigenvalue weighted by atomic mass is 32.2. The molecule has 4 aromatic rings. The van der Waals surface area contributed by atoms with Gasteiger partial charge in [-0.2, -0.15) is 0 Å². The maximum Gasteiger partial charge on any atom is 0.410 e. The molecule has 0 unspecified atom stereocenters. The number of amides is 1. The average Bonchev–Trinajstić information content (AvgIpc) is 3.35. The van der Waals surface area contributed by atoms with Crippen molar-refractivity contribution in [3.8, 4) is 17.2 Å². The lowest BCUT2D eigenvalue weighted by Crippen LogP contribution is -2.33. The highest BCUT2D eigenvalue weighted by Crippen LogP contribution is 2.33. The fourth-order valence-electron chi connectivity index (χ4n) is 4.06. The number of nitrogens with zero attached hydrogens (tertiary/aromatic N) is 5. The summed E-state index contributed by atoms with van der Waals surface area (Å²) in [6.45, 7) is 5.98. The van der Waals surface area contributed by atoms with Crippen LogP contribution in [0.3, 0.4) is 0 Å². The molecule has 10 heteroatoms. The second-order valence-electron chi connectivity index (χ2n) is 9.53. The van der Waals surface area contributed by atoms with Crippen LogP contribution in [0.25, 0.3) is 28.0 Å². The van der Waals surface area contributed by atoms with Gasteiger partial charge in [0.05, 0.1) is 24.5 Å². The summed E-state index contributed by atoms with van der Waals surface area (Å²) in [6.07, 6.45) is 2.04. The van der Waals surface area contributed by atoms with E-state index in [0.29, 0.717) is 17.3 Å². The molecule has 3 heterocycles. The SMILES string of the molecule is CC(C)(C)OC(=O)N1Cc2nc(-c3ccc4ccccc4c3)n(-c3ccnc(S(C)(=O)=O)n3)c2C1. The number of fused-ring (bicyclic) bond motifs is 2. The minimum absolute atomic E-state index is 0.253. The quantitative estimate of drug-likeness (QED) is 0.397. The molecule has 180 valence electrons. The number of benzene rings is 2. The van der Waals surface area contributed by atoms with Gasteiger partial charge in [0.2, 0.25) is 15.0 Å². The third-order valence-electron chi connectivity index (χ3n) is 5.58. The summed E-state index contributed by atoms with van der Waals surface area (Å²) < 4.78 is 31.6. The topological polar surface area (TPSA) is 107 Å². The standard InChI is InChI=1S/C25H25N5O4S/c1-25(2,3)34-24(31)29-14-19-20(15-29)30(21-11-12-26-23(28-21)35(4,32)33)22(27-19)18-10-9-16-7-5-6-8-17(16)13-18/h5-13H,14-15H2,1-4H3. The lowest BCUT2D eigenvalue weighted by Gasteiger charge is -2.24. The molecule has 35 heavy (non-hydrogen) atoms. The van der Waals surface area contributed by atoms with Crippen LogP contribution in [0.1, 0.15) is 32.2 Å². The van der Waals surface area contributed by atoms with Crippen molar-refractivity contribution >= 4 is 26.7 Å². The van der Waals surface area contributed by atoms with Crippen molar-refractivity contribution < 1.29 is 17.9 Å². The van der Waals surface area contributed by atoms with Crippen molar-refractivity contribution in [1.29, 1.82) is 0 Å². The van der Waals surface area contributed by atoms with Crippen molar-refractivity contribution in [3.05, 3.63) is 66.1 Å². The summed E-state index contributed by atoms with van der Waals surface area (Å²) >= 11 is 0. The number of carbonyl (C=O) groups excluding carboxylic acids is 1. The van der Waals surface area contributed by atoms with Crippen LogP contribution >= 0.6 is 0 Å². The Morgan fingerprint density at radius 3 is 2.46 bits per heavy atom. The van der Waals surface area contributed by atoms with Crippen LogP contribution in [0, 0.1) is 0 Å². The van der Waals surface area contributed by atoms with Gasteiger partial charge in [-0.25, -0.2) is 28.2 Å². The molecule has 1 aliphatic heterocycles. The third-order valence-corrected chi connectivity index (χ3v) is 6.44. The zero-order valence-electron chi connectivity index (χ0n) is 19.9. The van der Waals surface area contributed by atoms with E-state index in [4.69, 9.17) is 9.72 Å². The van der Waals surface area contributed by atoms with Gasteiger partial charge in [0.1, 0.15) is 17.2 Å². The number of aromatic nitrogens is 4. The molecule has 0 bridgehead atoms. The van der Waals surface area contributed by atoms with Crippen molar-refractivity contribution in [3.63, 3.8) is 0 Å². The smallest absolute Gasteiger partial charge is 0.410 e. The van der Waals surface area contributed by atoms with Crippen molar-refractivity contribution in [2.24, 2.45) is 0 Å². The van der Waals surface area contributed by atoms with Gasteiger partial charge >= 0.3 is 6.09 Å². The Kier molecular flexibility index (Phi) is 5.36. The van der Waals surface area contributed by atoms with Crippen molar-refractivity contribution in [2.75, 3.05) is 6.26 Å². The summed E-state index contributed by atoms with van der Waals surface area (Å²) in [5.41, 5.74) is 1.68. The molecule has 1 amide bonds. The number of hydrogen-bond donors (Lipinski definition) is 0. The Labute approximate surface area is 203 Å². The summed E-state index contributed by atoms with van der Waals surface area (Å²) in [6, 6.07) is 15.7. The van der Waals surface area contributed by atoms with E-state index in [2.05, 4.69) is 9.97 Å². The summed E-state index contributed by atoms with van der Waals surface area (Å²) in [5.74, 6) is 0.978. The molecule has 0 spiro atoms. The van der Waals surface area contributed by atoms with Crippen LogP contribution in [0.15, 0.2) is 59.9 Å². The number of sulfone groups is 1. The van der Waals surface area contributed by atoms with Gasteiger partial charge in [-0.05, 0) is 43.7 Å². The monoisotopic (exact) mass is 491 g/mol. The maximum absolute atomic E-state index is 12.7. The first-order valence-corrected chi connectivity index (χ1v) is 13.0. The Morgan fingerprint density at radius 1 is 1.00 bits per heavy atom. The fourth-order valence-corrected chi connectivity index (χ4v) is 4.58. The lowest BCUT2D eigenvalue weighted by molar-refractivity contribution is 0.0238. The van der Waals surface area contributed by atoms with Crippen LogP contribution in [0.2, 0.25) is 0 Å². The highest BCUT2D eigenvalue weighted by molar-refractivity contribution is 7.90. The molecule has 0 radical (unpaired) electrons. The number of rotatable bonds is 3. The van der Waals surface area contributed by atoms with E-state index in [0.717, 1.165) is 28.3 Å². The number of carbonyl (C=O) groups is 1. The Balaban J connectivity index is 1.64. The van der Waals surface area contributed by atoms with Gasteiger partial charge in [0.15, 0.2) is 0 Å². The molecule has 0 saturated carbocycles. The molecular weight excluding hydrogens is 466 g/mol. The fraction of sp³-hybridized carbons (Fsp3) is 0.280. The first-order chi connectivity index (χ1) is 16.5. The largest absolute Gasteiger partial charge is 0.444 e. The van der Waals surface area contributed by atoms with E-state index >= 15 is 0 Å². The maximum atomic E-state index is 12.7. The molecule has 0 saturated heterocycles. The van der Waals surface area contributed by atoms with E-state index in [9.17, 15) is 13.2 Å². The van der Waals surface area contributed by atoms with E-state index in [-0.39, 0.29) is 18.2 Å². The molecule has 9 nitrogen and oxygen atoms in total. The molecule has 2 aromatic carbocycles. The molecule has 1 aliphatic rings. The van der Waals surface area contributed by atoms with Crippen LogP contribution < -0.4 is 0 Å². The second kappa shape index (κ2) is 8.16. The average molecular weight is 492 g/mol. The van der Waals surface area contributed by atoms with Crippen LogP contribution in [0.4, 0.5) is 4.79 Å². The predicted octanol–water partition coefficient (Wildman–Crippen LogP) is 4.14. The minimum atomic E-state index is -3.62. The Hall–Kier alpha value is -3.79. The minimum Gasteiger partial charge on any atom is -0.444 e. The van der Waals surface area contributed by atoms with E-state index in [1.807, 2.05) is 63.2 Å². The lowest BCUT2D eigenvalue weighted by atomic mass is 10.1. The molecule has 0 aliphatic carbocycles. The first kappa shape index (κ1) is 23.0. The van der Waals surface area contributed by atoms with Crippen LogP contribution in [-0.2, 0) is 27.7 Å². The first-order valence-electron chi connectivity index (χ1n) is 11.1. The van der Waals surface area contributed by atoms with Gasteiger partial charge in [-0.1, -0.05) is 36.4 Å². The normalized spacial score (nSPS) is 13.8. The van der Waals surface area contributed by atoms with Gasteiger partial charge < -0.3 is 4.74 Å². The predicted molar refractivity (Wildman–Crippen MR) is 131 cm³/mol. The summed E-state index contributed by atoms with van der Waals surface area (Å²) in [7, 11) is -3.62. The summed E-state index contributed by atoms with van der Waals surface area (Å²) in [5, 5.41) is 1.87. The van der Waals surface area contributed by atoms with Gasteiger partial charge in [0, 0.05) is 18.0 Å². The number of imidazole rings is 1. The molecule has 0 fully saturated rings. The van der Waals surface area contributed by atoms with Gasteiger partial charge in [-0.15, -0.1) is 0 Å². The molecule has 0 atom stereocenters. The summed E-state index contributed by atoms with van der Waals surface area (Å²) in [4.78, 5) is 27.4. The second-order valence-corrected chi connectivity index (χ2v) is 11.4. The molecule has 5 rings (SSSR count). The number of hydrogen-bond acceptors (Lipinski definition) is 7. The van der Waals surface area contributed by atoms with Crippen LogP contribution in [0.5, 0.6) is 0 Å². The van der Waals surface area contributed by atoms with Crippen molar-refractivity contribution in [1.82, 2.24) is 24.4 Å². The zero-order chi connectivity index (χ0) is 25.0. The van der Waals surface area contributed by atoms with E-state index < -0.39 is 21.5 Å². The zero-order valence-corrected chi connectivity index (χ0v) is 20.7. The van der Waals surface area contributed by atoms with Crippen molar-refractivity contribution in [2.45, 2.75) is 44.6 Å². The Morgan fingerprint density at radius 2 is 1.74 bits per heavy atom. The molecular formula is C25H25N5O4S. The molecule has 2 aromatic heterocycles. The van der Waals surface area contributed by atoms with E-state index in [1.54, 1.807) is 15.5 Å². The number of ether oxygens (including phenoxy) is 1. The molecule has 0 N–H and O–H groups in total. The van der Waals surface area contributed by atoms with Gasteiger partial charge in [0.25, 0.3) is 0 Å². The highest BCUT2D eigenvalue weighted by Gasteiger charge is 2.33. The van der Waals surface area contributed by atoms with Gasteiger partial charge in [-0.3, -0.25) is 9.47 Å². The van der Waals surface area contributed by atoms with Crippen LogP contribution in [-0.4, -0.2) is 50.8 Å².